The Balaban J connectivity index is 1.69. The molecule has 0 fully saturated rings. The molecule has 4 nitrogen and oxygen atoms in total. The number of ether oxygens (including phenoxy) is 2. The van der Waals surface area contributed by atoms with Gasteiger partial charge in [0.05, 0.1) is 12.7 Å². The second kappa shape index (κ2) is 7.74. The molecule has 1 N–H and O–H groups in total. The molecule has 0 amide bonds. The summed E-state index contributed by atoms with van der Waals surface area (Å²) in [6.07, 6.45) is 0. The third kappa shape index (κ3) is 4.03. The molecular formula is C22H20O4. The van der Waals surface area contributed by atoms with Gasteiger partial charge in [-0.25, -0.2) is 4.79 Å². The molecule has 4 heteroatoms. The highest BCUT2D eigenvalue weighted by Gasteiger charge is 2.10. The maximum atomic E-state index is 12.3. The van der Waals surface area contributed by atoms with Gasteiger partial charge < -0.3 is 14.6 Å². The van der Waals surface area contributed by atoms with Crippen LogP contribution < -0.4 is 4.74 Å². The molecule has 0 aliphatic heterocycles. The summed E-state index contributed by atoms with van der Waals surface area (Å²) in [5.74, 6) is 0.539. The summed E-state index contributed by atoms with van der Waals surface area (Å²) in [6.45, 7) is 2.14. The number of hydrogen-bond donors (Lipinski definition) is 1. The van der Waals surface area contributed by atoms with E-state index in [4.69, 9.17) is 9.47 Å². The fourth-order valence-corrected chi connectivity index (χ4v) is 2.70. The van der Waals surface area contributed by atoms with Crippen molar-refractivity contribution < 1.29 is 19.4 Å². The first-order chi connectivity index (χ1) is 12.6. The van der Waals surface area contributed by atoms with E-state index >= 15 is 0 Å². The number of methoxy groups -OCH3 is 1. The van der Waals surface area contributed by atoms with Gasteiger partial charge in [-0.3, -0.25) is 0 Å². The summed E-state index contributed by atoms with van der Waals surface area (Å²) in [5, 5.41) is 9.36. The van der Waals surface area contributed by atoms with Crippen molar-refractivity contribution in [1.29, 1.82) is 0 Å². The van der Waals surface area contributed by atoms with E-state index < -0.39 is 0 Å². The van der Waals surface area contributed by atoms with Gasteiger partial charge in [-0.05, 0) is 54.4 Å². The van der Waals surface area contributed by atoms with E-state index in [1.165, 1.54) is 0 Å². The fraction of sp³-hybridized carbons (Fsp3) is 0.136. The highest BCUT2D eigenvalue weighted by molar-refractivity contribution is 5.90. The second-order valence-corrected chi connectivity index (χ2v) is 6.02. The number of aryl methyl sites for hydroxylation is 1. The molecule has 3 aromatic carbocycles. The Morgan fingerprint density at radius 1 is 0.923 bits per heavy atom. The minimum atomic E-state index is -0.384. The van der Waals surface area contributed by atoms with Crippen LogP contribution in [0.1, 0.15) is 21.5 Å². The van der Waals surface area contributed by atoms with Crippen molar-refractivity contribution in [3.63, 3.8) is 0 Å². The zero-order chi connectivity index (χ0) is 18.5. The smallest absolute Gasteiger partial charge is 0.338 e. The van der Waals surface area contributed by atoms with Crippen molar-refractivity contribution in [2.45, 2.75) is 13.5 Å². The van der Waals surface area contributed by atoms with Crippen LogP contribution in [0, 0.1) is 6.92 Å². The molecule has 0 aromatic heterocycles. The van der Waals surface area contributed by atoms with Crippen LogP contribution in [0.25, 0.3) is 11.1 Å². The van der Waals surface area contributed by atoms with Crippen molar-refractivity contribution in [3.8, 4) is 22.6 Å². The Bertz CT molecular complexity index is 896. The van der Waals surface area contributed by atoms with E-state index in [1.54, 1.807) is 31.4 Å². The van der Waals surface area contributed by atoms with E-state index in [2.05, 4.69) is 0 Å². The SMILES string of the molecule is COc1ccc(C)cc1COC(=O)c1ccc(-c2ccc(O)cc2)cc1. The van der Waals surface area contributed by atoms with Crippen molar-refractivity contribution in [2.75, 3.05) is 7.11 Å². The summed E-state index contributed by atoms with van der Waals surface area (Å²) < 4.78 is 10.7. The normalized spacial score (nSPS) is 10.4. The predicted molar refractivity (Wildman–Crippen MR) is 100 cm³/mol. The zero-order valence-corrected chi connectivity index (χ0v) is 14.7. The third-order valence-electron chi connectivity index (χ3n) is 4.12. The lowest BCUT2D eigenvalue weighted by Crippen LogP contribution is -2.06. The molecule has 3 rings (SSSR count). The summed E-state index contributed by atoms with van der Waals surface area (Å²) in [7, 11) is 1.60. The van der Waals surface area contributed by atoms with Gasteiger partial charge in [0.25, 0.3) is 0 Å². The van der Waals surface area contributed by atoms with E-state index in [1.807, 2.05) is 49.4 Å². The van der Waals surface area contributed by atoms with Crippen LogP contribution >= 0.6 is 0 Å². The molecule has 0 spiro atoms. The van der Waals surface area contributed by atoms with Crippen LogP contribution in [0.5, 0.6) is 11.5 Å². The number of carbonyl (C=O) groups is 1. The maximum absolute atomic E-state index is 12.3. The zero-order valence-electron chi connectivity index (χ0n) is 14.7. The molecule has 3 aromatic rings. The number of carbonyl (C=O) groups excluding carboxylic acids is 1. The Hall–Kier alpha value is -3.27. The number of phenols is 1. The van der Waals surface area contributed by atoms with Crippen molar-refractivity contribution in [2.24, 2.45) is 0 Å². The minimum Gasteiger partial charge on any atom is -0.508 e. The highest BCUT2D eigenvalue weighted by atomic mass is 16.5. The lowest BCUT2D eigenvalue weighted by molar-refractivity contribution is 0.0470. The molecule has 132 valence electrons. The Kier molecular flexibility index (Phi) is 5.23. The van der Waals surface area contributed by atoms with Crippen molar-refractivity contribution in [1.82, 2.24) is 0 Å². The van der Waals surface area contributed by atoms with Gasteiger partial charge in [-0.1, -0.05) is 35.9 Å². The molecule has 0 atom stereocenters. The molecule has 0 heterocycles. The Labute approximate surface area is 152 Å². The first-order valence-electron chi connectivity index (χ1n) is 8.27. The molecule has 0 unspecified atom stereocenters. The number of rotatable bonds is 5. The molecular weight excluding hydrogens is 328 g/mol. The van der Waals surface area contributed by atoms with Gasteiger partial charge in [0, 0.05) is 5.56 Å². The average Bonchev–Trinajstić information content (AvgIpc) is 2.67. The average molecular weight is 348 g/mol. The summed E-state index contributed by atoms with van der Waals surface area (Å²) in [4.78, 5) is 12.3. The monoisotopic (exact) mass is 348 g/mol. The number of phenolic OH excluding ortho intramolecular Hbond substituents is 1. The standard InChI is InChI=1S/C22H20O4/c1-15-3-12-21(25-2)19(13-15)14-26-22(24)18-6-4-16(5-7-18)17-8-10-20(23)11-9-17/h3-13,23H,14H2,1-2H3. The Morgan fingerprint density at radius 2 is 1.54 bits per heavy atom. The molecule has 0 saturated carbocycles. The van der Waals surface area contributed by atoms with E-state index in [0.717, 1.165) is 22.3 Å². The highest BCUT2D eigenvalue weighted by Crippen LogP contribution is 2.23. The van der Waals surface area contributed by atoms with Gasteiger partial charge in [-0.2, -0.15) is 0 Å². The van der Waals surface area contributed by atoms with Gasteiger partial charge in [0.2, 0.25) is 0 Å². The van der Waals surface area contributed by atoms with Crippen LogP contribution in [0.2, 0.25) is 0 Å². The lowest BCUT2D eigenvalue weighted by Gasteiger charge is -2.10. The van der Waals surface area contributed by atoms with Gasteiger partial charge in [-0.15, -0.1) is 0 Å². The van der Waals surface area contributed by atoms with Crippen LogP contribution in [-0.4, -0.2) is 18.2 Å². The lowest BCUT2D eigenvalue weighted by atomic mass is 10.0. The van der Waals surface area contributed by atoms with Gasteiger partial charge in [0.1, 0.15) is 18.1 Å². The van der Waals surface area contributed by atoms with Crippen molar-refractivity contribution >= 4 is 5.97 Å². The third-order valence-corrected chi connectivity index (χ3v) is 4.12. The molecule has 0 bridgehead atoms. The van der Waals surface area contributed by atoms with E-state index in [9.17, 15) is 9.90 Å². The summed E-state index contributed by atoms with van der Waals surface area (Å²) in [5.41, 5.74) is 4.32. The Morgan fingerprint density at radius 3 is 2.15 bits per heavy atom. The quantitative estimate of drug-likeness (QED) is 0.677. The molecule has 0 saturated heterocycles. The largest absolute Gasteiger partial charge is 0.508 e. The van der Waals surface area contributed by atoms with Crippen LogP contribution in [0.15, 0.2) is 66.7 Å². The maximum Gasteiger partial charge on any atom is 0.338 e. The van der Waals surface area contributed by atoms with Crippen LogP contribution in [-0.2, 0) is 11.3 Å². The van der Waals surface area contributed by atoms with E-state index in [0.29, 0.717) is 11.3 Å². The molecule has 0 radical (unpaired) electrons. The predicted octanol–water partition coefficient (Wildman–Crippen LogP) is 4.73. The summed E-state index contributed by atoms with van der Waals surface area (Å²) in [6, 6.07) is 19.9. The van der Waals surface area contributed by atoms with Crippen molar-refractivity contribution in [3.05, 3.63) is 83.4 Å². The number of aromatic hydroxyl groups is 1. The number of hydrogen-bond acceptors (Lipinski definition) is 4. The van der Waals surface area contributed by atoms with Crippen LogP contribution in [0.4, 0.5) is 0 Å². The first-order valence-corrected chi connectivity index (χ1v) is 8.27. The van der Waals surface area contributed by atoms with E-state index in [-0.39, 0.29) is 18.3 Å². The fourth-order valence-electron chi connectivity index (χ4n) is 2.70. The molecule has 0 aliphatic rings. The van der Waals surface area contributed by atoms with Crippen LogP contribution in [0.3, 0.4) is 0 Å². The number of benzene rings is 3. The topological polar surface area (TPSA) is 55.8 Å². The second-order valence-electron chi connectivity index (χ2n) is 6.02. The first kappa shape index (κ1) is 17.5. The summed E-state index contributed by atoms with van der Waals surface area (Å²) >= 11 is 0. The van der Waals surface area contributed by atoms with Gasteiger partial charge in [0.15, 0.2) is 0 Å². The molecule has 26 heavy (non-hydrogen) atoms. The number of esters is 1. The molecule has 0 aliphatic carbocycles. The van der Waals surface area contributed by atoms with Gasteiger partial charge >= 0.3 is 5.97 Å². The minimum absolute atomic E-state index is 0.156.